The Morgan fingerprint density at radius 1 is 0.882 bits per heavy atom. The first kappa shape index (κ1) is 15.8. The van der Waals surface area contributed by atoms with Gasteiger partial charge in [-0.15, -0.1) is 0 Å². The van der Waals surface area contributed by atoms with Crippen molar-refractivity contribution in [2.45, 2.75) is 53.1 Å². The molecule has 2 unspecified atom stereocenters. The third-order valence-corrected chi connectivity index (χ3v) is 1.52. The summed E-state index contributed by atoms with van der Waals surface area (Å²) in [6.07, 6.45) is -1.34. The predicted molar refractivity (Wildman–Crippen MR) is 54.9 cm³/mol. The number of carbonyl (C=O) groups is 2. The Balaban J connectivity index is 3.61. The van der Waals surface area contributed by atoms with E-state index in [1.165, 1.54) is 13.8 Å². The van der Waals surface area contributed by atoms with E-state index in [1.54, 1.807) is 13.8 Å². The van der Waals surface area contributed by atoms with Crippen molar-refractivity contribution in [1.82, 2.24) is 0 Å². The van der Waals surface area contributed by atoms with Gasteiger partial charge in [-0.3, -0.25) is 9.59 Å². The van der Waals surface area contributed by atoms with Crippen LogP contribution in [0.4, 0.5) is 0 Å². The van der Waals surface area contributed by atoms with Crippen LogP contribution in [0.2, 0.25) is 0 Å². The molecule has 0 N–H and O–H groups in total. The molecule has 7 heteroatoms. The average molecular weight is 250 g/mol. The molecule has 0 aliphatic rings. The van der Waals surface area contributed by atoms with Crippen LogP contribution in [0.3, 0.4) is 0 Å². The number of hydrogen-bond acceptors (Lipinski definition) is 7. The second kappa shape index (κ2) is 8.91. The molecule has 7 nitrogen and oxygen atoms in total. The highest BCUT2D eigenvalue weighted by Crippen LogP contribution is 2.02. The van der Waals surface area contributed by atoms with E-state index in [-0.39, 0.29) is 12.8 Å². The molecule has 2 atom stereocenters. The van der Waals surface area contributed by atoms with E-state index in [4.69, 9.17) is 9.47 Å². The molecule has 100 valence electrons. The number of carbonyl (C=O) groups excluding carboxylic acids is 2. The Hall–Kier alpha value is -1.18. The van der Waals surface area contributed by atoms with Crippen LogP contribution in [-0.4, -0.2) is 24.5 Å². The minimum Gasteiger partial charge on any atom is -0.433 e. The van der Waals surface area contributed by atoms with Gasteiger partial charge in [0.25, 0.3) is 0 Å². The van der Waals surface area contributed by atoms with Crippen LogP contribution in [0.1, 0.15) is 40.5 Å². The van der Waals surface area contributed by atoms with Gasteiger partial charge in [-0.1, -0.05) is 18.9 Å². The zero-order valence-electron chi connectivity index (χ0n) is 10.4. The first-order chi connectivity index (χ1) is 7.99. The molecular weight excluding hydrogens is 232 g/mol. The van der Waals surface area contributed by atoms with E-state index in [0.29, 0.717) is 0 Å². The first-order valence-corrected chi connectivity index (χ1v) is 5.37. The Morgan fingerprint density at radius 3 is 1.53 bits per heavy atom. The van der Waals surface area contributed by atoms with Gasteiger partial charge in [-0.25, -0.2) is 0 Å². The van der Waals surface area contributed by atoms with Crippen molar-refractivity contribution in [3.05, 3.63) is 0 Å². The van der Waals surface area contributed by atoms with E-state index in [1.807, 2.05) is 0 Å². The van der Waals surface area contributed by atoms with E-state index in [0.717, 1.165) is 0 Å². The van der Waals surface area contributed by atoms with Crippen LogP contribution in [0.25, 0.3) is 0 Å². The summed E-state index contributed by atoms with van der Waals surface area (Å²) >= 11 is 0. The Labute approximate surface area is 99.8 Å². The summed E-state index contributed by atoms with van der Waals surface area (Å²) in [5.74, 6) is -0.849. The summed E-state index contributed by atoms with van der Waals surface area (Å²) in [6, 6.07) is 0. The van der Waals surface area contributed by atoms with Crippen molar-refractivity contribution in [2.75, 3.05) is 0 Å². The fourth-order valence-electron chi connectivity index (χ4n) is 0.709. The lowest BCUT2D eigenvalue weighted by atomic mass is 10.5. The molecule has 0 saturated heterocycles. The molecule has 0 amide bonds. The molecule has 0 aromatic rings. The van der Waals surface area contributed by atoms with Gasteiger partial charge < -0.3 is 9.47 Å². The zero-order valence-corrected chi connectivity index (χ0v) is 10.4. The molecule has 0 aliphatic heterocycles. The molecular formula is C10H18O7. The first-order valence-electron chi connectivity index (χ1n) is 5.37. The molecule has 0 bridgehead atoms. The smallest absolute Gasteiger partial charge is 0.307 e. The van der Waals surface area contributed by atoms with Crippen LogP contribution < -0.4 is 0 Å². The van der Waals surface area contributed by atoms with Crippen LogP contribution >= 0.6 is 0 Å². The molecule has 0 saturated carbocycles. The maximum Gasteiger partial charge on any atom is 0.307 e. The lowest BCUT2D eigenvalue weighted by Gasteiger charge is -2.14. The third-order valence-electron chi connectivity index (χ3n) is 1.52. The van der Waals surface area contributed by atoms with Gasteiger partial charge in [0, 0.05) is 26.7 Å². The largest absolute Gasteiger partial charge is 0.433 e. The topological polar surface area (TPSA) is 80.3 Å². The van der Waals surface area contributed by atoms with E-state index < -0.39 is 24.5 Å². The molecule has 0 aromatic carbocycles. The number of ether oxygens (including phenoxy) is 2. The quantitative estimate of drug-likeness (QED) is 0.279. The third kappa shape index (κ3) is 8.61. The predicted octanol–water partition coefficient (Wildman–Crippen LogP) is 1.46. The fraction of sp³-hybridized carbons (Fsp3) is 0.800. The summed E-state index contributed by atoms with van der Waals surface area (Å²) in [6.45, 7) is 6.22. The highest BCUT2D eigenvalue weighted by molar-refractivity contribution is 5.69. The van der Waals surface area contributed by atoms with Gasteiger partial charge in [0.1, 0.15) is 0 Å². The van der Waals surface area contributed by atoms with Crippen LogP contribution in [-0.2, 0) is 33.9 Å². The molecule has 0 fully saturated rings. The minimum atomic E-state index is -0.906. The minimum absolute atomic E-state index is 0.235. The average Bonchev–Trinajstić information content (AvgIpc) is 2.28. The van der Waals surface area contributed by atoms with Gasteiger partial charge in [-0.05, 0) is 0 Å². The Morgan fingerprint density at radius 2 is 1.24 bits per heavy atom. The SMILES string of the molecule is CCC(=O)OC(C)OOOC(C)OC(=O)CC. The maximum absolute atomic E-state index is 10.8. The van der Waals surface area contributed by atoms with Gasteiger partial charge in [0.2, 0.25) is 12.6 Å². The molecule has 0 rings (SSSR count). The highest BCUT2D eigenvalue weighted by atomic mass is 17.5. The molecule has 0 aliphatic carbocycles. The van der Waals surface area contributed by atoms with E-state index in [9.17, 15) is 9.59 Å². The van der Waals surface area contributed by atoms with Crippen molar-refractivity contribution < 1.29 is 33.9 Å². The van der Waals surface area contributed by atoms with Crippen molar-refractivity contribution in [3.63, 3.8) is 0 Å². The van der Waals surface area contributed by atoms with Crippen LogP contribution in [0, 0.1) is 0 Å². The van der Waals surface area contributed by atoms with Gasteiger partial charge in [0.15, 0.2) is 0 Å². The number of hydrogen-bond donors (Lipinski definition) is 0. The van der Waals surface area contributed by atoms with Crippen molar-refractivity contribution in [2.24, 2.45) is 0 Å². The van der Waals surface area contributed by atoms with E-state index >= 15 is 0 Å². The Kier molecular flexibility index (Phi) is 8.29. The van der Waals surface area contributed by atoms with Gasteiger partial charge in [0.05, 0.1) is 0 Å². The van der Waals surface area contributed by atoms with Crippen LogP contribution in [0.5, 0.6) is 0 Å². The monoisotopic (exact) mass is 250 g/mol. The molecule has 0 heterocycles. The number of esters is 2. The molecule has 0 spiro atoms. The zero-order chi connectivity index (χ0) is 13.3. The van der Waals surface area contributed by atoms with Gasteiger partial charge >= 0.3 is 11.9 Å². The molecule has 0 radical (unpaired) electrons. The van der Waals surface area contributed by atoms with Crippen LogP contribution in [0.15, 0.2) is 0 Å². The maximum atomic E-state index is 10.8. The van der Waals surface area contributed by atoms with Crippen molar-refractivity contribution in [3.8, 4) is 0 Å². The lowest BCUT2D eigenvalue weighted by Crippen LogP contribution is -2.22. The van der Waals surface area contributed by atoms with E-state index in [2.05, 4.69) is 14.8 Å². The molecule has 0 aromatic heterocycles. The van der Waals surface area contributed by atoms with Crippen molar-refractivity contribution >= 4 is 11.9 Å². The molecule has 17 heavy (non-hydrogen) atoms. The summed E-state index contributed by atoms with van der Waals surface area (Å²) in [7, 11) is 0. The summed E-state index contributed by atoms with van der Waals surface area (Å²) in [5.41, 5.74) is 0. The highest BCUT2D eigenvalue weighted by Gasteiger charge is 2.12. The van der Waals surface area contributed by atoms with Gasteiger partial charge in [-0.2, -0.15) is 9.78 Å². The summed E-state index contributed by atoms with van der Waals surface area (Å²) in [4.78, 5) is 30.8. The Bertz CT molecular complexity index is 217. The fourth-order valence-corrected chi connectivity index (χ4v) is 0.709. The summed E-state index contributed by atoms with van der Waals surface area (Å²) in [5, 5.41) is 4.29. The number of rotatable bonds is 8. The summed E-state index contributed by atoms with van der Waals surface area (Å²) < 4.78 is 9.42. The lowest BCUT2D eigenvalue weighted by molar-refractivity contribution is -0.566. The second-order valence-electron chi connectivity index (χ2n) is 3.08. The second-order valence-corrected chi connectivity index (χ2v) is 3.08. The normalized spacial score (nSPS) is 13.9. The van der Waals surface area contributed by atoms with Crippen molar-refractivity contribution in [1.29, 1.82) is 0 Å². The standard InChI is InChI=1S/C10H18O7/c1-5-9(11)13-7(3)15-17-16-8(4)14-10(12)6-2/h7-8H,5-6H2,1-4H3.